The second-order valence-corrected chi connectivity index (χ2v) is 15.0. The van der Waals surface area contributed by atoms with Crippen molar-refractivity contribution in [1.82, 2.24) is 4.90 Å². The van der Waals surface area contributed by atoms with Crippen molar-refractivity contribution in [1.29, 1.82) is 0 Å². The fourth-order valence-electron chi connectivity index (χ4n) is 8.47. The smallest absolute Gasteiger partial charge is 0.119 e. The van der Waals surface area contributed by atoms with Gasteiger partial charge in [0.2, 0.25) is 0 Å². The van der Waals surface area contributed by atoms with Crippen molar-refractivity contribution < 1.29 is 19.7 Å². The molecule has 5 heteroatoms. The van der Waals surface area contributed by atoms with Gasteiger partial charge >= 0.3 is 0 Å². The van der Waals surface area contributed by atoms with Gasteiger partial charge in [-0.15, -0.1) is 12.3 Å². The van der Waals surface area contributed by atoms with Gasteiger partial charge in [0.15, 0.2) is 0 Å². The van der Waals surface area contributed by atoms with Crippen molar-refractivity contribution in [3.63, 3.8) is 0 Å². The number of ether oxygens (including phenoxy) is 2. The van der Waals surface area contributed by atoms with Crippen LogP contribution in [0.5, 0.6) is 11.5 Å². The van der Waals surface area contributed by atoms with Crippen molar-refractivity contribution in [3.8, 4) is 23.8 Å². The van der Waals surface area contributed by atoms with E-state index in [2.05, 4.69) is 69.0 Å². The van der Waals surface area contributed by atoms with Crippen LogP contribution in [-0.2, 0) is 11.2 Å². The summed E-state index contributed by atoms with van der Waals surface area (Å²) >= 11 is 0. The molecule has 3 aliphatic rings. The summed E-state index contributed by atoms with van der Waals surface area (Å²) in [5.41, 5.74) is 3.66. The normalized spacial score (nSPS) is 28.6. The summed E-state index contributed by atoms with van der Waals surface area (Å²) in [6.07, 6.45) is 11.9. The lowest BCUT2D eigenvalue weighted by molar-refractivity contribution is -0.0323. The molecule has 2 saturated carbocycles. The standard InChI is InChI=1S/C38H53NO4/c1-8-19-37(4,5)43-22-20-36(2,3)39(7)21-23-42-29-13-9-26(10-14-29)32-25-38(6)33(17-18-34(38)41)31-15-11-27-24-28(40)12-16-30(27)35(31)32/h1,9-10,12-14,16,24,31-35,40-41H,11,15,17-23,25H2,2-7H3/t31?,32-,33?,34+,35?,38+/m1/s1. The maximum atomic E-state index is 11.1. The lowest BCUT2D eigenvalue weighted by Gasteiger charge is -2.54. The topological polar surface area (TPSA) is 62.2 Å². The van der Waals surface area contributed by atoms with E-state index >= 15 is 0 Å². The van der Waals surface area contributed by atoms with Gasteiger partial charge in [-0.25, -0.2) is 0 Å². The number of phenols is 1. The minimum Gasteiger partial charge on any atom is -0.508 e. The van der Waals surface area contributed by atoms with Crippen LogP contribution in [0.25, 0.3) is 0 Å². The van der Waals surface area contributed by atoms with Crippen LogP contribution >= 0.6 is 0 Å². The lowest BCUT2D eigenvalue weighted by atomic mass is 9.51. The molecule has 0 saturated heterocycles. The first-order valence-electron chi connectivity index (χ1n) is 16.4. The van der Waals surface area contributed by atoms with Crippen LogP contribution in [0.3, 0.4) is 0 Å². The summed E-state index contributed by atoms with van der Waals surface area (Å²) in [4.78, 5) is 2.34. The molecule has 2 aromatic carbocycles. The summed E-state index contributed by atoms with van der Waals surface area (Å²) in [6.45, 7) is 13.0. The van der Waals surface area contributed by atoms with Crippen LogP contribution in [-0.4, -0.2) is 59.2 Å². The van der Waals surface area contributed by atoms with Crippen LogP contribution in [0.4, 0.5) is 0 Å². The zero-order valence-corrected chi connectivity index (χ0v) is 27.2. The summed E-state index contributed by atoms with van der Waals surface area (Å²) in [6, 6.07) is 14.7. The molecule has 5 nitrogen and oxygen atoms in total. The largest absolute Gasteiger partial charge is 0.508 e. The summed E-state index contributed by atoms with van der Waals surface area (Å²) in [7, 11) is 2.14. The van der Waals surface area contributed by atoms with Crippen LogP contribution in [0.15, 0.2) is 42.5 Å². The average Bonchev–Trinajstić information content (AvgIpc) is 3.26. The molecule has 0 aromatic heterocycles. The lowest BCUT2D eigenvalue weighted by Crippen LogP contribution is -2.47. The number of phenolic OH excluding ortho intramolecular Hbond substituents is 1. The number of aryl methyl sites for hydroxylation is 1. The maximum absolute atomic E-state index is 11.1. The van der Waals surface area contributed by atoms with Gasteiger partial charge in [-0.3, -0.25) is 4.90 Å². The number of likely N-dealkylation sites (N-methyl/N-ethyl adjacent to an activating group) is 1. The molecule has 43 heavy (non-hydrogen) atoms. The van der Waals surface area contributed by atoms with Crippen molar-refractivity contribution in [3.05, 3.63) is 59.2 Å². The number of aliphatic hydroxyl groups is 1. The minimum absolute atomic E-state index is 0.0250. The Bertz CT molecular complexity index is 1290. The number of fused-ring (bicyclic) bond motifs is 5. The van der Waals surface area contributed by atoms with Gasteiger partial charge in [0.1, 0.15) is 18.1 Å². The molecule has 3 unspecified atom stereocenters. The maximum Gasteiger partial charge on any atom is 0.119 e. The van der Waals surface area contributed by atoms with Crippen molar-refractivity contribution in [2.75, 3.05) is 26.8 Å². The Morgan fingerprint density at radius 1 is 1.05 bits per heavy atom. The predicted octanol–water partition coefficient (Wildman–Crippen LogP) is 7.30. The van der Waals surface area contributed by atoms with E-state index in [1.165, 1.54) is 16.7 Å². The molecule has 2 aromatic rings. The third kappa shape index (κ3) is 6.63. The van der Waals surface area contributed by atoms with Gasteiger partial charge in [0, 0.05) is 25.1 Å². The molecule has 2 fully saturated rings. The van der Waals surface area contributed by atoms with E-state index in [0.717, 1.165) is 50.8 Å². The first kappa shape index (κ1) is 31.9. The first-order chi connectivity index (χ1) is 20.3. The predicted molar refractivity (Wildman–Crippen MR) is 174 cm³/mol. The first-order valence-corrected chi connectivity index (χ1v) is 16.4. The molecule has 0 spiro atoms. The highest BCUT2D eigenvalue weighted by Crippen LogP contribution is 2.65. The third-order valence-electron chi connectivity index (χ3n) is 11.4. The van der Waals surface area contributed by atoms with E-state index in [1.54, 1.807) is 0 Å². The monoisotopic (exact) mass is 587 g/mol. The Kier molecular flexibility index (Phi) is 9.25. The summed E-state index contributed by atoms with van der Waals surface area (Å²) in [5.74, 6) is 5.80. The van der Waals surface area contributed by atoms with Crippen molar-refractivity contribution in [2.45, 2.75) is 109 Å². The highest BCUT2D eigenvalue weighted by Gasteiger charge is 2.57. The van der Waals surface area contributed by atoms with E-state index in [1.807, 2.05) is 26.0 Å². The van der Waals surface area contributed by atoms with Crippen LogP contribution in [0, 0.1) is 29.6 Å². The van der Waals surface area contributed by atoms with E-state index in [0.29, 0.717) is 49.1 Å². The van der Waals surface area contributed by atoms with Crippen LogP contribution in [0.2, 0.25) is 0 Å². The Morgan fingerprint density at radius 2 is 1.79 bits per heavy atom. The second-order valence-electron chi connectivity index (χ2n) is 15.0. The Balaban J connectivity index is 1.23. The molecule has 6 atom stereocenters. The van der Waals surface area contributed by atoms with Gasteiger partial charge in [-0.2, -0.15) is 0 Å². The highest BCUT2D eigenvalue weighted by molar-refractivity contribution is 5.43. The number of hydrogen-bond donors (Lipinski definition) is 2. The van der Waals surface area contributed by atoms with Crippen LogP contribution in [0.1, 0.15) is 102 Å². The molecule has 3 aliphatic carbocycles. The Hall–Kier alpha value is -2.52. The molecule has 0 amide bonds. The molecule has 0 aliphatic heterocycles. The number of benzene rings is 2. The second kappa shape index (κ2) is 12.5. The molecule has 0 bridgehead atoms. The number of rotatable bonds is 11. The number of terminal acetylenes is 1. The number of aliphatic hydroxyl groups excluding tert-OH is 1. The minimum atomic E-state index is -0.295. The van der Waals surface area contributed by atoms with E-state index in [-0.39, 0.29) is 22.7 Å². The van der Waals surface area contributed by atoms with Gasteiger partial charge in [-0.1, -0.05) is 25.1 Å². The zero-order chi connectivity index (χ0) is 31.0. The third-order valence-corrected chi connectivity index (χ3v) is 11.4. The van der Waals surface area contributed by atoms with Gasteiger partial charge in [-0.05, 0) is 143 Å². The number of aromatic hydroxyl groups is 1. The van der Waals surface area contributed by atoms with Gasteiger partial charge < -0.3 is 19.7 Å². The van der Waals surface area contributed by atoms with E-state index in [9.17, 15) is 10.2 Å². The molecule has 0 radical (unpaired) electrons. The average molecular weight is 588 g/mol. The van der Waals surface area contributed by atoms with Crippen molar-refractivity contribution in [2.24, 2.45) is 17.3 Å². The van der Waals surface area contributed by atoms with E-state index in [4.69, 9.17) is 15.9 Å². The molecular weight excluding hydrogens is 534 g/mol. The quantitative estimate of drug-likeness (QED) is 0.270. The number of hydrogen-bond acceptors (Lipinski definition) is 5. The highest BCUT2D eigenvalue weighted by atomic mass is 16.5. The van der Waals surface area contributed by atoms with Crippen LogP contribution < -0.4 is 4.74 Å². The fourth-order valence-corrected chi connectivity index (χ4v) is 8.47. The SMILES string of the molecule is C#CCC(C)(C)OCCC(C)(C)N(C)CCOc1ccc([C@H]2C[C@@]3(C)C(CC[C@@H]3O)C3CCc4cc(O)ccc4C32)cc1. The molecular formula is C38H53NO4. The van der Waals surface area contributed by atoms with Gasteiger partial charge in [0.25, 0.3) is 0 Å². The van der Waals surface area contributed by atoms with Gasteiger partial charge in [0.05, 0.1) is 11.7 Å². The van der Waals surface area contributed by atoms with Crippen molar-refractivity contribution >= 4 is 0 Å². The molecule has 5 rings (SSSR count). The Labute approximate surface area is 260 Å². The zero-order valence-electron chi connectivity index (χ0n) is 27.2. The fraction of sp³-hybridized carbons (Fsp3) is 0.632. The Morgan fingerprint density at radius 3 is 2.51 bits per heavy atom. The summed E-state index contributed by atoms with van der Waals surface area (Å²) in [5, 5.41) is 21.3. The molecule has 234 valence electrons. The molecule has 0 heterocycles. The van der Waals surface area contributed by atoms with E-state index < -0.39 is 0 Å². The number of nitrogens with zero attached hydrogens (tertiary/aromatic N) is 1. The summed E-state index contributed by atoms with van der Waals surface area (Å²) < 4.78 is 12.3. The molecule has 2 N–H and O–H groups in total.